The zero-order valence-corrected chi connectivity index (χ0v) is 27.3. The molecule has 230 valence electrons. The summed E-state index contributed by atoms with van der Waals surface area (Å²) in [5.41, 5.74) is 4.16. The highest BCUT2D eigenvalue weighted by atomic mass is 28.4. The van der Waals surface area contributed by atoms with Crippen molar-refractivity contribution in [2.45, 2.75) is 86.0 Å². The smallest absolute Gasteiger partial charge is 0.325 e. The Balaban J connectivity index is 2.31. The highest BCUT2D eigenvalue weighted by molar-refractivity contribution is 6.93. The topological polar surface area (TPSA) is 19.4 Å². The second kappa shape index (κ2) is 11.9. The molecule has 3 nitrogen and oxygen atoms in total. The molecule has 1 aliphatic rings. The first-order valence-electron chi connectivity index (χ1n) is 14.7. The first-order valence-corrected chi connectivity index (χ1v) is 16.4. The first-order chi connectivity index (χ1) is 20.0. The van der Waals surface area contributed by atoms with Crippen LogP contribution in [0.25, 0.3) is 0 Å². The van der Waals surface area contributed by atoms with Gasteiger partial charge in [-0.3, -0.25) is 4.11 Å². The summed E-state index contributed by atoms with van der Waals surface area (Å²) in [6.45, 7) is 21.3. The van der Waals surface area contributed by atoms with Gasteiger partial charge in [0.2, 0.25) is 0 Å². The molecule has 3 aromatic rings. The molecule has 9 heteroatoms. The van der Waals surface area contributed by atoms with Crippen LogP contribution in [0.15, 0.2) is 60.4 Å². The molecular weight excluding hydrogens is 573 g/mol. The number of anilines is 2. The van der Waals surface area contributed by atoms with E-state index < -0.39 is 37.4 Å². The average Bonchev–Trinajstić information content (AvgIpc) is 2.91. The minimum absolute atomic E-state index is 0.117. The number of pyridine rings is 1. The summed E-state index contributed by atoms with van der Waals surface area (Å²) in [5, 5.41) is -1.30. The van der Waals surface area contributed by atoms with Gasteiger partial charge in [0.05, 0.1) is 5.19 Å². The van der Waals surface area contributed by atoms with Gasteiger partial charge in [0.25, 0.3) is 11.9 Å². The number of rotatable bonds is 7. The third-order valence-electron chi connectivity index (χ3n) is 8.06. The van der Waals surface area contributed by atoms with E-state index in [4.69, 9.17) is 0 Å². The molecule has 0 amide bonds. The fourth-order valence-electron chi connectivity index (χ4n) is 6.04. The molecule has 43 heavy (non-hydrogen) atoms. The van der Waals surface area contributed by atoms with Gasteiger partial charge >= 0.3 is 8.73 Å². The Morgan fingerprint density at radius 2 is 1.00 bits per heavy atom. The van der Waals surface area contributed by atoms with E-state index in [1.165, 1.54) is 9.13 Å². The van der Waals surface area contributed by atoms with Crippen LogP contribution in [0.1, 0.15) is 108 Å². The molecule has 1 aliphatic heterocycles. The van der Waals surface area contributed by atoms with E-state index in [1.54, 1.807) is 13.0 Å². The number of halogens is 5. The molecule has 0 aliphatic carbocycles. The molecule has 0 bridgehead atoms. The van der Waals surface area contributed by atoms with Crippen molar-refractivity contribution >= 4 is 25.3 Å². The maximum Gasteiger partial charge on any atom is 0.509 e. The Kier molecular flexibility index (Phi) is 8.98. The van der Waals surface area contributed by atoms with Crippen LogP contribution in [0.3, 0.4) is 0 Å². The molecule has 1 atom stereocenters. The summed E-state index contributed by atoms with van der Waals surface area (Å²) < 4.78 is 83.6. The lowest BCUT2D eigenvalue weighted by Crippen LogP contribution is -2.74. The van der Waals surface area contributed by atoms with Crippen molar-refractivity contribution < 1.29 is 21.7 Å². The monoisotopic (exact) mass is 613 g/mol. The Morgan fingerprint density at radius 1 is 0.651 bits per heavy atom. The highest BCUT2D eigenvalue weighted by Crippen LogP contribution is 2.48. The van der Waals surface area contributed by atoms with E-state index in [0.29, 0.717) is 28.2 Å². The van der Waals surface area contributed by atoms with Crippen molar-refractivity contribution in [1.29, 1.82) is 0 Å². The van der Waals surface area contributed by atoms with Crippen LogP contribution in [0.5, 0.6) is 0 Å². The molecule has 0 N–H and O–H groups in total. The van der Waals surface area contributed by atoms with Crippen LogP contribution in [0.4, 0.5) is 33.0 Å². The van der Waals surface area contributed by atoms with E-state index in [0.717, 1.165) is 11.1 Å². The molecule has 0 saturated carbocycles. The number of hydrogen-bond acceptors (Lipinski definition) is 3. The zero-order chi connectivity index (χ0) is 32.1. The molecular formula is C34H40F5N3Si. The van der Waals surface area contributed by atoms with Gasteiger partial charge in [-0.15, -0.1) is 0 Å². The number of nitrogens with zero attached hydrogens (tertiary/aromatic N) is 3. The van der Waals surface area contributed by atoms with Gasteiger partial charge in [-0.05, 0) is 58.9 Å². The van der Waals surface area contributed by atoms with Crippen LogP contribution < -0.4 is 14.3 Å². The van der Waals surface area contributed by atoms with Gasteiger partial charge in [0.15, 0.2) is 11.6 Å². The number of aromatic nitrogens is 1. The van der Waals surface area contributed by atoms with E-state index in [1.807, 2.05) is 91.8 Å². The van der Waals surface area contributed by atoms with E-state index >= 15 is 12.9 Å². The van der Waals surface area contributed by atoms with Gasteiger partial charge < -0.3 is 9.13 Å². The van der Waals surface area contributed by atoms with Crippen molar-refractivity contribution in [3.63, 3.8) is 0 Å². The number of benzene rings is 2. The Morgan fingerprint density at radius 3 is 1.35 bits per heavy atom. The van der Waals surface area contributed by atoms with Crippen molar-refractivity contribution in [3.05, 3.63) is 106 Å². The van der Waals surface area contributed by atoms with Gasteiger partial charge in [-0.1, -0.05) is 98.4 Å². The van der Waals surface area contributed by atoms with E-state index in [2.05, 4.69) is 11.6 Å². The SMILES string of the molecule is C=C1C=C(C)N(c2c(C(C)C)cccc2C(C)C)[Si](F)(c2c(F)c(F)nc(F)c2F)N1c1c(C(C)C)cccc1C(C)C. The lowest BCUT2D eigenvalue weighted by atomic mass is 9.92. The standard InChI is InChI=1S/C34H40F5N3Si/c1-18(2)24-13-11-14-25(19(3)4)30(24)41-22(9)17-23(10)42(31-26(20(5)6)15-12-16-27(31)21(7)8)43(41,39)32-28(35)33(37)40-34(38)29(32)36/h11-21H,9H2,1-8,10H3. The molecule has 1 aromatic heterocycles. The Hall–Kier alpha value is -3.46. The van der Waals surface area contributed by atoms with Crippen LogP contribution >= 0.6 is 0 Å². The van der Waals surface area contributed by atoms with Crippen LogP contribution in [-0.4, -0.2) is 13.7 Å². The maximum atomic E-state index is 19.2. The molecule has 0 fully saturated rings. The van der Waals surface area contributed by atoms with Crippen LogP contribution in [-0.2, 0) is 0 Å². The summed E-state index contributed by atoms with van der Waals surface area (Å²) in [5.74, 6) is -8.01. The Labute approximate surface area is 253 Å². The van der Waals surface area contributed by atoms with Crippen LogP contribution in [0.2, 0.25) is 0 Å². The maximum absolute atomic E-state index is 19.2. The van der Waals surface area contributed by atoms with Gasteiger partial charge in [0, 0.05) is 22.8 Å². The third-order valence-corrected chi connectivity index (χ3v) is 11.4. The minimum Gasteiger partial charge on any atom is -0.325 e. The van der Waals surface area contributed by atoms with Crippen molar-refractivity contribution in [1.82, 2.24) is 4.98 Å². The lowest BCUT2D eigenvalue weighted by molar-refractivity contribution is 0.412. The zero-order valence-electron chi connectivity index (χ0n) is 26.3. The molecule has 0 radical (unpaired) electrons. The molecule has 0 saturated heterocycles. The predicted octanol–water partition coefficient (Wildman–Crippen LogP) is 9.69. The van der Waals surface area contributed by atoms with Crippen molar-refractivity contribution in [3.8, 4) is 0 Å². The summed E-state index contributed by atoms with van der Waals surface area (Å²) in [6.07, 6.45) is 1.66. The summed E-state index contributed by atoms with van der Waals surface area (Å²) in [6, 6.07) is 11.1. The second-order valence-corrected chi connectivity index (χ2v) is 15.0. The van der Waals surface area contributed by atoms with Gasteiger partial charge in [-0.2, -0.15) is 13.8 Å². The molecule has 2 heterocycles. The summed E-state index contributed by atoms with van der Waals surface area (Å²) in [4.78, 5) is 2.77. The van der Waals surface area contributed by atoms with E-state index in [9.17, 15) is 8.78 Å². The molecule has 2 aromatic carbocycles. The average molecular weight is 614 g/mol. The Bertz CT molecular complexity index is 1520. The van der Waals surface area contributed by atoms with Crippen LogP contribution in [0, 0.1) is 23.5 Å². The molecule has 0 spiro atoms. The number of allylic oxidation sites excluding steroid dienone is 2. The second-order valence-electron chi connectivity index (χ2n) is 12.4. The quantitative estimate of drug-likeness (QED) is 0.114. The number of hydrogen-bond donors (Lipinski definition) is 0. The lowest BCUT2D eigenvalue weighted by Gasteiger charge is -2.51. The number of para-hydroxylation sites is 2. The fourth-order valence-corrected chi connectivity index (χ4v) is 9.54. The van der Waals surface area contributed by atoms with Crippen molar-refractivity contribution in [2.24, 2.45) is 0 Å². The van der Waals surface area contributed by atoms with Gasteiger partial charge in [0.1, 0.15) is 0 Å². The third kappa shape index (κ3) is 5.30. The minimum atomic E-state index is -5.61. The normalized spacial score (nSPS) is 17.6. The summed E-state index contributed by atoms with van der Waals surface area (Å²) >= 11 is 0. The van der Waals surface area contributed by atoms with Crippen molar-refractivity contribution in [2.75, 3.05) is 9.13 Å². The predicted molar refractivity (Wildman–Crippen MR) is 168 cm³/mol. The largest absolute Gasteiger partial charge is 0.509 e. The molecule has 1 unspecified atom stereocenters. The fraction of sp³-hybridized carbons (Fsp3) is 0.382. The summed E-state index contributed by atoms with van der Waals surface area (Å²) in [7, 11) is -5.61. The highest BCUT2D eigenvalue weighted by Gasteiger charge is 2.61. The first kappa shape index (κ1) is 32.5. The van der Waals surface area contributed by atoms with Gasteiger partial charge in [-0.25, -0.2) is 8.78 Å². The van der Waals surface area contributed by atoms with E-state index in [-0.39, 0.29) is 29.4 Å². The molecule has 4 rings (SSSR count).